The van der Waals surface area contributed by atoms with Crippen molar-refractivity contribution in [2.24, 2.45) is 109 Å². The lowest BCUT2D eigenvalue weighted by atomic mass is 9.44. The van der Waals surface area contributed by atoms with Crippen molar-refractivity contribution in [1.29, 1.82) is 5.26 Å². The summed E-state index contributed by atoms with van der Waals surface area (Å²) in [6.07, 6.45) is 27.7. The van der Waals surface area contributed by atoms with Crippen molar-refractivity contribution in [2.75, 3.05) is 0 Å². The van der Waals surface area contributed by atoms with Gasteiger partial charge in [-0.05, 0) is 223 Å². The maximum absolute atomic E-state index is 12.6. The SMILES string of the molecule is C.C.C[C@]12CCC(=O)C=C1C[C@@H](C#N)C1C2CC[C@@]2(C)C1CC[C@@]21CCC(=O)O1.C[C@]12CCC(=O)C=C1C[C@@H](C(=O)O)C1C2CC[C@@]2(C)C1CC[C@@]21CCC(=O)O1.C[C@]12CCC(=O)C=C1C[C@@H](C(N)=O)C1C2CC[C@@]2(C)C1CC[C@@]21CCC(=O)O1.[2HH]. The first kappa shape index (κ1) is 61.7. The van der Waals surface area contributed by atoms with Crippen LogP contribution in [-0.4, -0.2) is 69.0 Å². The Balaban J connectivity index is 0.000000141. The quantitative estimate of drug-likeness (QED) is 0.194. The first-order valence-electron chi connectivity index (χ1n) is 32.5. The Morgan fingerprint density at radius 3 is 1.12 bits per heavy atom. The molecule has 15 rings (SSSR count). The van der Waals surface area contributed by atoms with Crippen LogP contribution in [0.2, 0.25) is 0 Å². The molecule has 466 valence electrons. The molecule has 14 heteroatoms. The molecule has 21 atom stereocenters. The van der Waals surface area contributed by atoms with Crippen LogP contribution < -0.4 is 5.73 Å². The van der Waals surface area contributed by atoms with E-state index in [-0.39, 0.29) is 136 Å². The number of hydrogen-bond donors (Lipinski definition) is 2. The zero-order chi connectivity index (χ0) is 58.8. The first-order chi connectivity index (χ1) is 39.2. The molecule has 12 aliphatic carbocycles. The second-order valence-corrected chi connectivity index (χ2v) is 31.2. The van der Waals surface area contributed by atoms with E-state index in [4.69, 9.17) is 19.9 Å². The van der Waals surface area contributed by atoms with Gasteiger partial charge >= 0.3 is 23.9 Å². The van der Waals surface area contributed by atoms with Crippen molar-refractivity contribution >= 4 is 47.1 Å². The number of carbonyl (C=O) groups excluding carboxylic acids is 7. The van der Waals surface area contributed by atoms with Gasteiger partial charge in [0.25, 0.3) is 0 Å². The maximum Gasteiger partial charge on any atom is 0.307 e. The van der Waals surface area contributed by atoms with Gasteiger partial charge in [-0.15, -0.1) is 0 Å². The second kappa shape index (κ2) is 20.8. The summed E-state index contributed by atoms with van der Waals surface area (Å²) in [6, 6.07) is 2.63. The molecule has 3 saturated heterocycles. The lowest BCUT2D eigenvalue weighted by molar-refractivity contribution is -0.176. The highest BCUT2D eigenvalue weighted by molar-refractivity contribution is 5.93. The Bertz CT molecular complexity index is 2900. The van der Waals surface area contributed by atoms with Crippen LogP contribution in [-0.2, 0) is 52.6 Å². The minimum atomic E-state index is -0.732. The molecule has 14 nitrogen and oxygen atoms in total. The van der Waals surface area contributed by atoms with Gasteiger partial charge < -0.3 is 25.1 Å². The van der Waals surface area contributed by atoms with Crippen molar-refractivity contribution in [3.63, 3.8) is 0 Å². The summed E-state index contributed by atoms with van der Waals surface area (Å²) < 4.78 is 18.0. The molecule has 3 spiro atoms. The highest BCUT2D eigenvalue weighted by Gasteiger charge is 2.72. The van der Waals surface area contributed by atoms with Gasteiger partial charge in [-0.1, -0.05) is 73.1 Å². The van der Waals surface area contributed by atoms with Crippen LogP contribution in [0.25, 0.3) is 0 Å². The summed E-state index contributed by atoms with van der Waals surface area (Å²) in [5, 5.41) is 20.1. The third kappa shape index (κ3) is 8.65. The van der Waals surface area contributed by atoms with E-state index in [1.54, 1.807) is 6.08 Å². The Hall–Kier alpha value is -4.93. The largest absolute Gasteiger partial charge is 0.481 e. The molecule has 3 N–H and O–H groups in total. The Morgan fingerprint density at radius 1 is 0.471 bits per heavy atom. The summed E-state index contributed by atoms with van der Waals surface area (Å²) >= 11 is 0. The van der Waals surface area contributed by atoms with Crippen LogP contribution in [0.5, 0.6) is 0 Å². The number of primary amides is 1. The van der Waals surface area contributed by atoms with Gasteiger partial charge in [-0.2, -0.15) is 5.26 Å². The van der Waals surface area contributed by atoms with E-state index in [2.05, 4.69) is 47.6 Å². The Kier molecular flexibility index (Phi) is 15.1. The van der Waals surface area contributed by atoms with Gasteiger partial charge in [0.15, 0.2) is 17.3 Å². The summed E-state index contributed by atoms with van der Waals surface area (Å²) in [6.45, 7) is 13.8. The molecule has 3 heterocycles. The molecule has 0 radical (unpaired) electrons. The van der Waals surface area contributed by atoms with E-state index in [9.17, 15) is 48.7 Å². The number of nitriles is 1. The number of allylic oxidation sites excluding steroid dienone is 3. The molecule has 0 aromatic heterocycles. The van der Waals surface area contributed by atoms with E-state index in [0.717, 1.165) is 133 Å². The average Bonchev–Trinajstić information content (AvgIpc) is 1.42. The highest BCUT2D eigenvalue weighted by atomic mass is 16.6. The fourth-order valence-corrected chi connectivity index (χ4v) is 24.3. The summed E-state index contributed by atoms with van der Waals surface area (Å²) in [4.78, 5) is 97.1. The standard InChI is InChI=1S/C23H31NO4.C23H29NO3.C23H30O5.2CH4.H2/c1-21-7-3-14(25)11-13(21)12-15(20(24)27)19-16(21)4-8-22(2)17(19)5-9-23(22)10-6-18(26)28-23;1-21-7-3-16(25)12-15(21)11-14(13-24)20-17(21)4-8-22(2)18(20)5-9-23(22)10-6-19(26)27-23;1-21-7-3-14(24)11-13(21)12-15(20(26)27)19-16(21)4-8-22(2)17(19)5-9-23(22)10-6-18(25)28-23;;;/h11,15-17,19H,3-10,12H2,1-2H3,(H2,24,27);12,14,17-18,20H,3-11H2,1-2H3;11,15-17,19H,3-10,12H2,1-2H3,(H,26,27);2*1H4;1H/t15-,16?,17?,19?,21+,22+,23-;14-,17?,18?,20?,21-,22-,23+;15-,16?,17?,19?,21+,22+,23-;;;/m101.../s1/i;;;;;1+1. The molecule has 1 amide bonds. The number of ketones is 3. The van der Waals surface area contributed by atoms with Crippen molar-refractivity contribution in [3.05, 3.63) is 34.9 Å². The molecular weight excluding hydrogens is 1070 g/mol. The molecule has 0 aromatic rings. The molecule has 12 fully saturated rings. The number of carboxylic acid groups (broad SMARTS) is 1. The summed E-state index contributed by atoms with van der Waals surface area (Å²) in [7, 11) is 0. The number of rotatable bonds is 2. The number of carboxylic acids is 1. The molecule has 9 saturated carbocycles. The lowest BCUT2D eigenvalue weighted by Gasteiger charge is -2.60. The number of nitrogens with two attached hydrogens (primary N) is 1. The number of carbonyl (C=O) groups is 8. The van der Waals surface area contributed by atoms with E-state index < -0.39 is 11.9 Å². The van der Waals surface area contributed by atoms with Gasteiger partial charge in [-0.25, -0.2) is 0 Å². The number of aliphatic carboxylic acids is 1. The number of amides is 1. The van der Waals surface area contributed by atoms with E-state index in [1.165, 1.54) is 5.57 Å². The van der Waals surface area contributed by atoms with Crippen LogP contribution in [0.15, 0.2) is 34.9 Å². The minimum absolute atomic E-state index is 0. The van der Waals surface area contributed by atoms with Crippen molar-refractivity contribution < 1.29 is 59.1 Å². The second-order valence-electron chi connectivity index (χ2n) is 31.2. The van der Waals surface area contributed by atoms with Gasteiger partial charge in [-0.3, -0.25) is 38.4 Å². The topological polar surface area (TPSA) is 234 Å². The predicted octanol–water partition coefficient (Wildman–Crippen LogP) is 13.1. The van der Waals surface area contributed by atoms with Crippen molar-refractivity contribution in [2.45, 2.75) is 247 Å². The zero-order valence-electron chi connectivity index (χ0n) is 50.2. The molecule has 0 aromatic carbocycles. The minimum Gasteiger partial charge on any atom is -0.481 e. The average molecular weight is 1170 g/mol. The number of esters is 3. The molecule has 9 unspecified atom stereocenters. The first-order valence-corrected chi connectivity index (χ1v) is 32.5. The van der Waals surface area contributed by atoms with Crippen LogP contribution in [0.3, 0.4) is 0 Å². The smallest absolute Gasteiger partial charge is 0.307 e. The summed E-state index contributed by atoms with van der Waals surface area (Å²) in [5.41, 5.74) is 8.15. The number of nitrogens with zero attached hydrogens (tertiary/aromatic N) is 1. The normalized spacial score (nSPS) is 49.1. The fourth-order valence-electron chi connectivity index (χ4n) is 24.3. The van der Waals surface area contributed by atoms with Crippen LogP contribution >= 0.6 is 0 Å². The van der Waals surface area contributed by atoms with Gasteiger partial charge in [0.1, 0.15) is 16.8 Å². The molecule has 15 aliphatic rings. The highest BCUT2D eigenvalue weighted by Crippen LogP contribution is 2.74. The zero-order valence-corrected chi connectivity index (χ0v) is 50.2. The number of ether oxygens (including phenoxy) is 3. The third-order valence-corrected chi connectivity index (χ3v) is 28.9. The summed E-state index contributed by atoms with van der Waals surface area (Å²) in [5.74, 6) is 1.65. The van der Waals surface area contributed by atoms with Crippen LogP contribution in [0, 0.1) is 115 Å². The van der Waals surface area contributed by atoms with Gasteiger partial charge in [0.05, 0.1) is 17.9 Å². The van der Waals surface area contributed by atoms with Crippen molar-refractivity contribution in [3.8, 4) is 6.07 Å². The van der Waals surface area contributed by atoms with E-state index in [0.29, 0.717) is 86.9 Å². The molecule has 3 aliphatic heterocycles. The molecule has 0 bridgehead atoms. The van der Waals surface area contributed by atoms with Gasteiger partial charge in [0.2, 0.25) is 5.91 Å². The Labute approximate surface area is 506 Å². The number of fused-ring (bicyclic) bond motifs is 18. The van der Waals surface area contributed by atoms with Crippen LogP contribution in [0.4, 0.5) is 0 Å². The maximum atomic E-state index is 12.6. The van der Waals surface area contributed by atoms with E-state index >= 15 is 0 Å². The number of hydrogen-bond acceptors (Lipinski definition) is 12. The molecular formula is C71H100N2O12. The fraction of sp³-hybridized carbons (Fsp3) is 0.789. The van der Waals surface area contributed by atoms with Gasteiger partial charge in [0, 0.05) is 62.1 Å². The van der Waals surface area contributed by atoms with Crippen molar-refractivity contribution in [1.82, 2.24) is 0 Å². The predicted molar refractivity (Wildman–Crippen MR) is 319 cm³/mol. The monoisotopic (exact) mass is 1170 g/mol. The van der Waals surface area contributed by atoms with E-state index in [1.807, 2.05) is 12.2 Å². The lowest BCUT2D eigenvalue weighted by Crippen LogP contribution is -2.58. The third-order valence-electron chi connectivity index (χ3n) is 28.9. The Morgan fingerprint density at radius 2 is 0.788 bits per heavy atom. The molecule has 85 heavy (non-hydrogen) atoms. The van der Waals surface area contributed by atoms with Crippen LogP contribution in [0.1, 0.15) is 231 Å².